The van der Waals surface area contributed by atoms with Crippen LogP contribution in [0, 0.1) is 6.92 Å². The lowest BCUT2D eigenvalue weighted by Gasteiger charge is -2.19. The van der Waals surface area contributed by atoms with E-state index in [4.69, 9.17) is 0 Å². The van der Waals surface area contributed by atoms with Crippen molar-refractivity contribution >= 4 is 11.6 Å². The molecule has 0 bridgehead atoms. The van der Waals surface area contributed by atoms with Crippen LogP contribution in [0.15, 0.2) is 24.3 Å². The van der Waals surface area contributed by atoms with E-state index in [1.807, 2.05) is 45.3 Å². The van der Waals surface area contributed by atoms with Gasteiger partial charge in [-0.05, 0) is 40.1 Å². The van der Waals surface area contributed by atoms with Gasteiger partial charge >= 0.3 is 0 Å². The SMILES string of the molecule is Cc1ccc(NC(=O)CNCC(C)N(C)C)cc1. The maximum absolute atomic E-state index is 11.7. The molecule has 0 fully saturated rings. The van der Waals surface area contributed by atoms with Crippen LogP contribution in [-0.4, -0.2) is 44.0 Å². The van der Waals surface area contributed by atoms with Gasteiger partial charge in [-0.3, -0.25) is 4.79 Å². The van der Waals surface area contributed by atoms with Gasteiger partial charge in [-0.2, -0.15) is 0 Å². The van der Waals surface area contributed by atoms with Crippen molar-refractivity contribution in [2.75, 3.05) is 32.5 Å². The van der Waals surface area contributed by atoms with Crippen LogP contribution >= 0.6 is 0 Å². The van der Waals surface area contributed by atoms with E-state index in [0.717, 1.165) is 12.2 Å². The van der Waals surface area contributed by atoms with Crippen molar-refractivity contribution < 1.29 is 4.79 Å². The highest BCUT2D eigenvalue weighted by Crippen LogP contribution is 2.07. The van der Waals surface area contributed by atoms with Gasteiger partial charge in [0.05, 0.1) is 6.54 Å². The lowest BCUT2D eigenvalue weighted by atomic mass is 10.2. The Morgan fingerprint density at radius 2 is 1.89 bits per heavy atom. The van der Waals surface area contributed by atoms with E-state index >= 15 is 0 Å². The molecule has 0 spiro atoms. The van der Waals surface area contributed by atoms with E-state index in [2.05, 4.69) is 22.5 Å². The van der Waals surface area contributed by atoms with Crippen molar-refractivity contribution in [3.63, 3.8) is 0 Å². The smallest absolute Gasteiger partial charge is 0.238 e. The molecule has 0 saturated carbocycles. The molecule has 0 saturated heterocycles. The van der Waals surface area contributed by atoms with Gasteiger partial charge < -0.3 is 15.5 Å². The second kappa shape index (κ2) is 7.13. The van der Waals surface area contributed by atoms with Crippen LogP contribution in [-0.2, 0) is 4.79 Å². The number of benzene rings is 1. The molecular formula is C14H23N3O. The molecule has 0 aliphatic rings. The minimum atomic E-state index is -0.00944. The first-order valence-electron chi connectivity index (χ1n) is 6.22. The molecule has 0 aliphatic carbocycles. The molecule has 1 rings (SSSR count). The topological polar surface area (TPSA) is 44.4 Å². The van der Waals surface area contributed by atoms with E-state index in [9.17, 15) is 4.79 Å². The number of likely N-dealkylation sites (N-methyl/N-ethyl adjacent to an activating group) is 1. The highest BCUT2D eigenvalue weighted by atomic mass is 16.1. The predicted molar refractivity (Wildman–Crippen MR) is 75.8 cm³/mol. The predicted octanol–water partition coefficient (Wildman–Crippen LogP) is 1.47. The molecule has 0 heterocycles. The van der Waals surface area contributed by atoms with Gasteiger partial charge in [0.1, 0.15) is 0 Å². The summed E-state index contributed by atoms with van der Waals surface area (Å²) in [5, 5.41) is 6.00. The Hall–Kier alpha value is -1.39. The minimum absolute atomic E-state index is 0.00944. The summed E-state index contributed by atoms with van der Waals surface area (Å²) in [4.78, 5) is 13.8. The average molecular weight is 249 g/mol. The van der Waals surface area contributed by atoms with Crippen molar-refractivity contribution in [1.29, 1.82) is 0 Å². The third kappa shape index (κ3) is 5.29. The van der Waals surface area contributed by atoms with Gasteiger partial charge in [0.2, 0.25) is 5.91 Å². The number of anilines is 1. The second-order valence-corrected chi connectivity index (χ2v) is 4.86. The standard InChI is InChI=1S/C14H23N3O/c1-11-5-7-13(8-6-11)16-14(18)10-15-9-12(2)17(3)4/h5-8,12,15H,9-10H2,1-4H3,(H,16,18). The fourth-order valence-corrected chi connectivity index (χ4v) is 1.42. The zero-order valence-electron chi connectivity index (χ0n) is 11.7. The normalized spacial score (nSPS) is 12.5. The van der Waals surface area contributed by atoms with Crippen LogP contribution in [0.5, 0.6) is 0 Å². The van der Waals surface area contributed by atoms with Crippen LogP contribution in [0.4, 0.5) is 5.69 Å². The van der Waals surface area contributed by atoms with Crippen LogP contribution in [0.2, 0.25) is 0 Å². The van der Waals surface area contributed by atoms with Crippen LogP contribution in [0.3, 0.4) is 0 Å². The number of aryl methyl sites for hydroxylation is 1. The van der Waals surface area contributed by atoms with E-state index in [0.29, 0.717) is 12.6 Å². The van der Waals surface area contributed by atoms with Crippen molar-refractivity contribution in [2.24, 2.45) is 0 Å². The van der Waals surface area contributed by atoms with Gasteiger partial charge in [-0.1, -0.05) is 17.7 Å². The molecule has 1 aromatic carbocycles. The highest BCUT2D eigenvalue weighted by molar-refractivity contribution is 5.92. The van der Waals surface area contributed by atoms with Crippen molar-refractivity contribution in [3.8, 4) is 0 Å². The number of rotatable bonds is 6. The Bertz CT molecular complexity index is 373. The van der Waals surface area contributed by atoms with Crippen molar-refractivity contribution in [3.05, 3.63) is 29.8 Å². The molecule has 0 radical (unpaired) electrons. The Morgan fingerprint density at radius 3 is 2.44 bits per heavy atom. The Balaban J connectivity index is 2.27. The summed E-state index contributed by atoms with van der Waals surface area (Å²) in [5.41, 5.74) is 2.03. The van der Waals surface area contributed by atoms with E-state index in [1.54, 1.807) is 0 Å². The fourth-order valence-electron chi connectivity index (χ4n) is 1.42. The minimum Gasteiger partial charge on any atom is -0.325 e. The zero-order chi connectivity index (χ0) is 13.5. The second-order valence-electron chi connectivity index (χ2n) is 4.86. The molecule has 18 heavy (non-hydrogen) atoms. The quantitative estimate of drug-likeness (QED) is 0.802. The van der Waals surface area contributed by atoms with Gasteiger partial charge in [-0.15, -0.1) is 0 Å². The third-order valence-corrected chi connectivity index (χ3v) is 2.94. The average Bonchev–Trinajstić information content (AvgIpc) is 2.32. The summed E-state index contributed by atoms with van der Waals surface area (Å²) in [7, 11) is 4.05. The molecule has 2 N–H and O–H groups in total. The molecular weight excluding hydrogens is 226 g/mol. The maximum atomic E-state index is 11.7. The maximum Gasteiger partial charge on any atom is 0.238 e. The highest BCUT2D eigenvalue weighted by Gasteiger charge is 2.05. The monoisotopic (exact) mass is 249 g/mol. The molecule has 1 unspecified atom stereocenters. The molecule has 4 heteroatoms. The Labute approximate surface area is 109 Å². The molecule has 100 valence electrons. The number of hydrogen-bond acceptors (Lipinski definition) is 3. The van der Waals surface area contributed by atoms with Crippen molar-refractivity contribution in [1.82, 2.24) is 10.2 Å². The fraction of sp³-hybridized carbons (Fsp3) is 0.500. The van der Waals surface area contributed by atoms with Gasteiger partial charge in [-0.25, -0.2) is 0 Å². The number of amides is 1. The molecule has 1 aromatic rings. The lowest BCUT2D eigenvalue weighted by molar-refractivity contribution is -0.115. The van der Waals surface area contributed by atoms with Gasteiger partial charge in [0.15, 0.2) is 0 Å². The number of nitrogens with zero attached hydrogens (tertiary/aromatic N) is 1. The van der Waals surface area contributed by atoms with E-state index in [1.165, 1.54) is 5.56 Å². The Kier molecular flexibility index (Phi) is 5.82. The first-order chi connectivity index (χ1) is 8.49. The van der Waals surface area contributed by atoms with Crippen LogP contribution in [0.25, 0.3) is 0 Å². The summed E-state index contributed by atoms with van der Waals surface area (Å²) < 4.78 is 0. The van der Waals surface area contributed by atoms with Crippen molar-refractivity contribution in [2.45, 2.75) is 19.9 Å². The zero-order valence-corrected chi connectivity index (χ0v) is 11.7. The Morgan fingerprint density at radius 1 is 1.28 bits per heavy atom. The van der Waals surface area contributed by atoms with E-state index in [-0.39, 0.29) is 5.91 Å². The summed E-state index contributed by atoms with van der Waals surface area (Å²) in [6.07, 6.45) is 0. The number of carbonyl (C=O) groups excluding carboxylic acids is 1. The van der Waals surface area contributed by atoms with Crippen LogP contribution in [0.1, 0.15) is 12.5 Å². The lowest BCUT2D eigenvalue weighted by Crippen LogP contribution is -2.38. The molecule has 0 aliphatic heterocycles. The molecule has 1 amide bonds. The van der Waals surface area contributed by atoms with E-state index < -0.39 is 0 Å². The summed E-state index contributed by atoms with van der Waals surface area (Å²) in [6.45, 7) is 5.28. The first-order valence-corrected chi connectivity index (χ1v) is 6.22. The summed E-state index contributed by atoms with van der Waals surface area (Å²) in [5.74, 6) is -0.00944. The molecule has 4 nitrogen and oxygen atoms in total. The molecule has 0 aromatic heterocycles. The number of nitrogens with one attached hydrogen (secondary N) is 2. The summed E-state index contributed by atoms with van der Waals surface area (Å²) >= 11 is 0. The van der Waals surface area contributed by atoms with Gasteiger partial charge in [0.25, 0.3) is 0 Å². The third-order valence-electron chi connectivity index (χ3n) is 2.94. The number of hydrogen-bond donors (Lipinski definition) is 2. The molecule has 1 atom stereocenters. The largest absolute Gasteiger partial charge is 0.325 e. The van der Waals surface area contributed by atoms with Crippen LogP contribution < -0.4 is 10.6 Å². The summed E-state index contributed by atoms with van der Waals surface area (Å²) in [6, 6.07) is 8.21. The van der Waals surface area contributed by atoms with Gasteiger partial charge in [0, 0.05) is 18.3 Å². The first kappa shape index (κ1) is 14.7. The number of carbonyl (C=O) groups is 1.